The Balaban J connectivity index is 1.60. The molecule has 0 radical (unpaired) electrons. The third-order valence-corrected chi connectivity index (χ3v) is 5.69. The van der Waals surface area contributed by atoms with Crippen LogP contribution >= 0.6 is 27.5 Å². The molecular formula is C23H25BrClN3O2. The Labute approximate surface area is 189 Å². The lowest BCUT2D eigenvalue weighted by Gasteiger charge is -2.21. The number of amides is 1. The van der Waals surface area contributed by atoms with E-state index < -0.39 is 0 Å². The van der Waals surface area contributed by atoms with E-state index in [4.69, 9.17) is 11.6 Å². The van der Waals surface area contributed by atoms with Gasteiger partial charge in [0.05, 0.1) is 17.4 Å². The SMILES string of the molecule is CCCN(Cc1nc2cc(Cl)ccc2c(=O)[nH]1)C(=O)CCCCc1ccc(Br)cc1. The largest absolute Gasteiger partial charge is 0.335 e. The van der Waals surface area contributed by atoms with Crippen molar-refractivity contribution in [2.45, 2.75) is 45.6 Å². The van der Waals surface area contributed by atoms with E-state index in [0.29, 0.717) is 34.7 Å². The Morgan fingerprint density at radius 3 is 2.67 bits per heavy atom. The zero-order valence-electron chi connectivity index (χ0n) is 17.0. The Morgan fingerprint density at radius 1 is 1.17 bits per heavy atom. The van der Waals surface area contributed by atoms with Crippen molar-refractivity contribution < 1.29 is 4.79 Å². The molecule has 1 amide bonds. The van der Waals surface area contributed by atoms with Crippen molar-refractivity contribution in [1.29, 1.82) is 0 Å². The molecule has 3 rings (SSSR count). The van der Waals surface area contributed by atoms with Gasteiger partial charge in [0.1, 0.15) is 5.82 Å². The maximum atomic E-state index is 12.8. The molecule has 0 saturated carbocycles. The van der Waals surface area contributed by atoms with Crippen LogP contribution in [0.15, 0.2) is 51.7 Å². The van der Waals surface area contributed by atoms with Crippen molar-refractivity contribution in [2.75, 3.05) is 6.54 Å². The van der Waals surface area contributed by atoms with E-state index in [1.165, 1.54) is 5.56 Å². The first-order valence-corrected chi connectivity index (χ1v) is 11.3. The van der Waals surface area contributed by atoms with Crippen LogP contribution in [0.1, 0.15) is 44.0 Å². The summed E-state index contributed by atoms with van der Waals surface area (Å²) >= 11 is 9.47. The summed E-state index contributed by atoms with van der Waals surface area (Å²) in [7, 11) is 0. The predicted molar refractivity (Wildman–Crippen MR) is 125 cm³/mol. The molecule has 0 unspecified atom stereocenters. The van der Waals surface area contributed by atoms with Gasteiger partial charge in [-0.2, -0.15) is 0 Å². The fourth-order valence-corrected chi connectivity index (χ4v) is 3.82. The quantitative estimate of drug-likeness (QED) is 0.403. The fraction of sp³-hybridized carbons (Fsp3) is 0.348. The Morgan fingerprint density at radius 2 is 1.93 bits per heavy atom. The van der Waals surface area contributed by atoms with Crippen LogP contribution in [0.2, 0.25) is 5.02 Å². The standard InChI is InChI=1S/C23H25BrClN3O2/c1-2-13-28(22(29)6-4-3-5-16-7-9-17(24)10-8-16)15-21-26-20-14-18(25)11-12-19(20)23(30)27-21/h7-12,14H,2-6,13,15H2,1H3,(H,26,27,30). The minimum Gasteiger partial charge on any atom is -0.335 e. The summed E-state index contributed by atoms with van der Waals surface area (Å²) in [5, 5.41) is 1.02. The first kappa shape index (κ1) is 22.5. The van der Waals surface area contributed by atoms with E-state index in [9.17, 15) is 9.59 Å². The highest BCUT2D eigenvalue weighted by Gasteiger charge is 2.15. The van der Waals surface area contributed by atoms with Crippen LogP contribution in [0.5, 0.6) is 0 Å². The molecule has 0 fully saturated rings. The van der Waals surface area contributed by atoms with Gasteiger partial charge in [-0.25, -0.2) is 4.98 Å². The molecule has 2 aromatic carbocycles. The van der Waals surface area contributed by atoms with Gasteiger partial charge in [0.15, 0.2) is 0 Å². The highest BCUT2D eigenvalue weighted by Crippen LogP contribution is 2.16. The third-order valence-electron chi connectivity index (χ3n) is 4.92. The van der Waals surface area contributed by atoms with E-state index in [1.807, 2.05) is 19.1 Å². The van der Waals surface area contributed by atoms with Crippen molar-refractivity contribution in [1.82, 2.24) is 14.9 Å². The van der Waals surface area contributed by atoms with Gasteiger partial charge >= 0.3 is 0 Å². The van der Waals surface area contributed by atoms with Crippen LogP contribution < -0.4 is 5.56 Å². The second kappa shape index (κ2) is 10.7. The normalized spacial score (nSPS) is 11.0. The molecule has 1 N–H and O–H groups in total. The molecule has 0 spiro atoms. The Kier molecular flexibility index (Phi) is 8.05. The first-order chi connectivity index (χ1) is 14.5. The lowest BCUT2D eigenvalue weighted by atomic mass is 10.1. The lowest BCUT2D eigenvalue weighted by Crippen LogP contribution is -2.32. The summed E-state index contributed by atoms with van der Waals surface area (Å²) in [6, 6.07) is 13.3. The van der Waals surface area contributed by atoms with Crippen LogP contribution in [-0.4, -0.2) is 27.3 Å². The van der Waals surface area contributed by atoms with E-state index in [0.717, 1.165) is 30.2 Å². The number of carbonyl (C=O) groups excluding carboxylic acids is 1. The highest BCUT2D eigenvalue weighted by atomic mass is 79.9. The van der Waals surface area contributed by atoms with Gasteiger partial charge in [0.2, 0.25) is 5.91 Å². The van der Waals surface area contributed by atoms with Gasteiger partial charge in [0, 0.05) is 22.5 Å². The number of nitrogens with one attached hydrogen (secondary N) is 1. The number of halogens is 2. The molecule has 1 aromatic heterocycles. The summed E-state index contributed by atoms with van der Waals surface area (Å²) in [4.78, 5) is 34.2. The predicted octanol–water partition coefficient (Wildman–Crippen LogP) is 5.49. The van der Waals surface area contributed by atoms with Crippen LogP contribution in [0.25, 0.3) is 10.9 Å². The number of aromatic nitrogens is 2. The van der Waals surface area contributed by atoms with Crippen LogP contribution in [0.4, 0.5) is 0 Å². The van der Waals surface area contributed by atoms with Crippen LogP contribution in [0, 0.1) is 0 Å². The molecule has 158 valence electrons. The van der Waals surface area contributed by atoms with Crippen molar-refractivity contribution in [2.24, 2.45) is 0 Å². The van der Waals surface area contributed by atoms with Gasteiger partial charge in [-0.1, -0.05) is 46.6 Å². The van der Waals surface area contributed by atoms with Crippen molar-refractivity contribution in [3.63, 3.8) is 0 Å². The number of nitrogens with zero attached hydrogens (tertiary/aromatic N) is 2. The number of carbonyl (C=O) groups is 1. The first-order valence-electron chi connectivity index (χ1n) is 10.2. The van der Waals surface area contributed by atoms with Gasteiger partial charge in [0.25, 0.3) is 5.56 Å². The van der Waals surface area contributed by atoms with Gasteiger partial charge in [-0.05, 0) is 61.6 Å². The fourth-order valence-electron chi connectivity index (χ4n) is 3.39. The number of aryl methyl sites for hydroxylation is 1. The van der Waals surface area contributed by atoms with Crippen molar-refractivity contribution in [3.05, 3.63) is 73.7 Å². The summed E-state index contributed by atoms with van der Waals surface area (Å²) in [5.74, 6) is 0.563. The maximum absolute atomic E-state index is 12.8. The summed E-state index contributed by atoms with van der Waals surface area (Å²) in [5.41, 5.74) is 1.59. The third kappa shape index (κ3) is 6.16. The number of unbranched alkanes of at least 4 members (excludes halogenated alkanes) is 1. The minimum absolute atomic E-state index is 0.0847. The second-order valence-corrected chi connectivity index (χ2v) is 8.68. The minimum atomic E-state index is -0.218. The zero-order chi connectivity index (χ0) is 21.5. The molecule has 0 saturated heterocycles. The molecule has 0 aliphatic carbocycles. The van der Waals surface area contributed by atoms with E-state index in [2.05, 4.69) is 38.0 Å². The number of H-pyrrole nitrogens is 1. The molecule has 7 heteroatoms. The number of hydrogen-bond acceptors (Lipinski definition) is 3. The number of fused-ring (bicyclic) bond motifs is 1. The van der Waals surface area contributed by atoms with Crippen molar-refractivity contribution in [3.8, 4) is 0 Å². The molecule has 1 heterocycles. The smallest absolute Gasteiger partial charge is 0.258 e. The number of aromatic amines is 1. The maximum Gasteiger partial charge on any atom is 0.258 e. The Hall–Kier alpha value is -2.18. The van der Waals surface area contributed by atoms with E-state index >= 15 is 0 Å². The van der Waals surface area contributed by atoms with Crippen LogP contribution in [0.3, 0.4) is 0 Å². The summed E-state index contributed by atoms with van der Waals surface area (Å²) in [6.45, 7) is 2.95. The molecule has 5 nitrogen and oxygen atoms in total. The van der Waals surface area contributed by atoms with E-state index in [1.54, 1.807) is 23.1 Å². The van der Waals surface area contributed by atoms with E-state index in [-0.39, 0.29) is 18.0 Å². The number of hydrogen-bond donors (Lipinski definition) is 1. The molecule has 0 bridgehead atoms. The number of rotatable bonds is 9. The molecule has 0 atom stereocenters. The molecular weight excluding hydrogens is 466 g/mol. The van der Waals surface area contributed by atoms with Gasteiger partial charge in [-0.3, -0.25) is 9.59 Å². The zero-order valence-corrected chi connectivity index (χ0v) is 19.3. The summed E-state index contributed by atoms with van der Waals surface area (Å²) in [6.07, 6.45) is 4.06. The van der Waals surface area contributed by atoms with Gasteiger partial charge in [-0.15, -0.1) is 0 Å². The molecule has 3 aromatic rings. The number of benzene rings is 2. The molecule has 30 heavy (non-hydrogen) atoms. The molecule has 0 aliphatic heterocycles. The monoisotopic (exact) mass is 489 g/mol. The highest BCUT2D eigenvalue weighted by molar-refractivity contribution is 9.10. The summed E-state index contributed by atoms with van der Waals surface area (Å²) < 4.78 is 1.07. The average Bonchev–Trinajstić information content (AvgIpc) is 2.71. The van der Waals surface area contributed by atoms with Crippen LogP contribution in [-0.2, 0) is 17.8 Å². The molecule has 0 aliphatic rings. The van der Waals surface area contributed by atoms with Gasteiger partial charge < -0.3 is 9.88 Å². The topological polar surface area (TPSA) is 66.1 Å². The van der Waals surface area contributed by atoms with Crippen molar-refractivity contribution >= 4 is 44.3 Å². The Bertz CT molecular complexity index is 1070. The average molecular weight is 491 g/mol. The second-order valence-electron chi connectivity index (χ2n) is 7.32. The lowest BCUT2D eigenvalue weighted by molar-refractivity contribution is -0.132.